The van der Waals surface area contributed by atoms with Crippen LogP contribution in [0, 0.1) is 0 Å². The Morgan fingerprint density at radius 1 is 2.00 bits per heavy atom. The minimum Gasteiger partial charge on any atom is -0.447 e. The van der Waals surface area contributed by atoms with Crippen molar-refractivity contribution in [2.45, 2.75) is 12.5 Å². The Morgan fingerprint density at radius 2 is 2.67 bits per heavy atom. The van der Waals surface area contributed by atoms with Gasteiger partial charge in [-0.1, -0.05) is 15.9 Å². The fourth-order valence-corrected chi connectivity index (χ4v) is 0.917. The van der Waals surface area contributed by atoms with Crippen molar-refractivity contribution >= 4 is 22.0 Å². The van der Waals surface area contributed by atoms with E-state index in [0.29, 0.717) is 6.61 Å². The Labute approximate surface area is 61.9 Å². The van der Waals surface area contributed by atoms with Crippen molar-refractivity contribution in [3.63, 3.8) is 0 Å². The molecule has 0 bridgehead atoms. The predicted molar refractivity (Wildman–Crippen MR) is 36.7 cm³/mol. The lowest BCUT2D eigenvalue weighted by atomic mass is 10.1. The summed E-state index contributed by atoms with van der Waals surface area (Å²) in [6.45, 7) is 2.38. The van der Waals surface area contributed by atoms with Gasteiger partial charge in [-0.15, -0.1) is 0 Å². The van der Waals surface area contributed by atoms with Crippen LogP contribution < -0.4 is 5.32 Å². The Bertz CT molecular complexity index is 139. The van der Waals surface area contributed by atoms with Crippen LogP contribution in [0.3, 0.4) is 0 Å². The molecule has 0 aromatic heterocycles. The van der Waals surface area contributed by atoms with Crippen molar-refractivity contribution in [1.29, 1.82) is 0 Å². The quantitative estimate of drug-likeness (QED) is 0.629. The van der Waals surface area contributed by atoms with E-state index in [1.165, 1.54) is 0 Å². The Balaban J connectivity index is 2.54. The molecule has 0 spiro atoms. The van der Waals surface area contributed by atoms with Crippen molar-refractivity contribution in [1.82, 2.24) is 5.32 Å². The molecule has 1 heterocycles. The van der Waals surface area contributed by atoms with Gasteiger partial charge in [0, 0.05) is 5.33 Å². The first kappa shape index (κ1) is 6.86. The average molecular weight is 194 g/mol. The number of carbonyl (C=O) groups excluding carboxylic acids is 1. The highest BCUT2D eigenvalue weighted by atomic mass is 79.9. The third-order valence-corrected chi connectivity index (χ3v) is 2.46. The summed E-state index contributed by atoms with van der Waals surface area (Å²) in [5.41, 5.74) is -0.197. The van der Waals surface area contributed by atoms with Gasteiger partial charge in [0.25, 0.3) is 0 Å². The second-order valence-corrected chi connectivity index (χ2v) is 2.96. The zero-order chi connectivity index (χ0) is 6.91. The van der Waals surface area contributed by atoms with E-state index in [-0.39, 0.29) is 11.6 Å². The molecular weight excluding hydrogens is 186 g/mol. The summed E-state index contributed by atoms with van der Waals surface area (Å²) in [5.74, 6) is 0. The first-order chi connectivity index (χ1) is 4.16. The van der Waals surface area contributed by atoms with Crippen LogP contribution in [0.15, 0.2) is 0 Å². The third-order valence-electron chi connectivity index (χ3n) is 1.22. The molecule has 0 radical (unpaired) electrons. The first-order valence-corrected chi connectivity index (χ1v) is 3.79. The molecule has 1 aliphatic rings. The molecule has 1 amide bonds. The van der Waals surface area contributed by atoms with Crippen LogP contribution >= 0.6 is 15.9 Å². The number of ether oxygens (including phenoxy) is 1. The molecule has 1 aliphatic heterocycles. The number of rotatable bonds is 1. The highest BCUT2D eigenvalue weighted by molar-refractivity contribution is 9.09. The van der Waals surface area contributed by atoms with Gasteiger partial charge in [0.2, 0.25) is 0 Å². The number of halogens is 1. The smallest absolute Gasteiger partial charge is 0.407 e. The second kappa shape index (κ2) is 2.17. The molecule has 3 nitrogen and oxygen atoms in total. The maximum absolute atomic E-state index is 10.5. The maximum Gasteiger partial charge on any atom is 0.407 e. The van der Waals surface area contributed by atoms with E-state index in [0.717, 1.165) is 5.33 Å². The molecular formula is C5H8BrNO2. The van der Waals surface area contributed by atoms with Crippen molar-refractivity contribution in [2.75, 3.05) is 11.9 Å². The van der Waals surface area contributed by atoms with Gasteiger partial charge in [-0.25, -0.2) is 4.79 Å². The molecule has 1 unspecified atom stereocenters. The van der Waals surface area contributed by atoms with Gasteiger partial charge in [-0.3, -0.25) is 0 Å². The highest BCUT2D eigenvalue weighted by Gasteiger charge is 2.33. The van der Waals surface area contributed by atoms with E-state index < -0.39 is 0 Å². The van der Waals surface area contributed by atoms with Crippen LogP contribution in [-0.4, -0.2) is 23.6 Å². The Hall–Kier alpha value is -0.250. The van der Waals surface area contributed by atoms with Gasteiger partial charge < -0.3 is 10.1 Å². The van der Waals surface area contributed by atoms with Crippen LogP contribution in [0.5, 0.6) is 0 Å². The molecule has 1 saturated heterocycles. The van der Waals surface area contributed by atoms with Gasteiger partial charge in [-0.05, 0) is 6.92 Å². The summed E-state index contributed by atoms with van der Waals surface area (Å²) in [4.78, 5) is 10.5. The maximum atomic E-state index is 10.5. The lowest BCUT2D eigenvalue weighted by Crippen LogP contribution is -2.41. The number of alkyl carbamates (subject to hydrolysis) is 1. The third kappa shape index (κ3) is 1.36. The molecule has 0 aromatic rings. The highest BCUT2D eigenvalue weighted by Crippen LogP contribution is 2.13. The normalized spacial score (nSPS) is 33.8. The van der Waals surface area contributed by atoms with E-state index >= 15 is 0 Å². The number of carbonyl (C=O) groups is 1. The fourth-order valence-electron chi connectivity index (χ4n) is 0.615. The molecule has 1 rings (SSSR count). The summed E-state index contributed by atoms with van der Waals surface area (Å²) >= 11 is 3.27. The summed E-state index contributed by atoms with van der Waals surface area (Å²) in [6.07, 6.45) is -0.322. The van der Waals surface area contributed by atoms with Crippen LogP contribution in [-0.2, 0) is 4.74 Å². The van der Waals surface area contributed by atoms with Crippen molar-refractivity contribution in [3.8, 4) is 0 Å². The summed E-state index contributed by atoms with van der Waals surface area (Å²) < 4.78 is 4.68. The zero-order valence-electron chi connectivity index (χ0n) is 5.11. The van der Waals surface area contributed by atoms with E-state index in [1.54, 1.807) is 0 Å². The Morgan fingerprint density at radius 3 is 2.89 bits per heavy atom. The molecule has 1 N–H and O–H groups in total. The minimum atomic E-state index is -0.322. The number of hydrogen-bond acceptors (Lipinski definition) is 2. The van der Waals surface area contributed by atoms with Crippen molar-refractivity contribution in [3.05, 3.63) is 0 Å². The van der Waals surface area contributed by atoms with Gasteiger partial charge in [0.05, 0.1) is 5.54 Å². The van der Waals surface area contributed by atoms with Crippen LogP contribution in [0.25, 0.3) is 0 Å². The Kier molecular flexibility index (Phi) is 1.66. The van der Waals surface area contributed by atoms with Crippen LogP contribution in [0.2, 0.25) is 0 Å². The van der Waals surface area contributed by atoms with Crippen molar-refractivity contribution < 1.29 is 9.53 Å². The molecule has 4 heteroatoms. The molecule has 1 atom stereocenters. The molecule has 0 aromatic carbocycles. The van der Waals surface area contributed by atoms with Crippen LogP contribution in [0.1, 0.15) is 6.92 Å². The lowest BCUT2D eigenvalue weighted by molar-refractivity contribution is 0.174. The standard InChI is InChI=1S/C5H8BrNO2/c1-5(2-6)3-9-4(8)7-5/h2-3H2,1H3,(H,7,8). The molecule has 0 saturated carbocycles. The van der Waals surface area contributed by atoms with E-state index in [2.05, 4.69) is 26.0 Å². The zero-order valence-corrected chi connectivity index (χ0v) is 6.69. The van der Waals surface area contributed by atoms with Gasteiger partial charge in [0.1, 0.15) is 6.61 Å². The monoisotopic (exact) mass is 193 g/mol. The number of hydrogen-bond donors (Lipinski definition) is 1. The SMILES string of the molecule is CC1(CBr)COC(=O)N1. The summed E-state index contributed by atoms with van der Waals surface area (Å²) in [6, 6.07) is 0. The number of nitrogens with one attached hydrogen (secondary N) is 1. The summed E-state index contributed by atoms with van der Waals surface area (Å²) in [5, 5.41) is 3.40. The topological polar surface area (TPSA) is 38.3 Å². The van der Waals surface area contributed by atoms with Crippen molar-refractivity contribution in [2.24, 2.45) is 0 Å². The van der Waals surface area contributed by atoms with Gasteiger partial charge in [-0.2, -0.15) is 0 Å². The van der Waals surface area contributed by atoms with Gasteiger partial charge in [0.15, 0.2) is 0 Å². The van der Waals surface area contributed by atoms with E-state index in [9.17, 15) is 4.79 Å². The molecule has 0 aliphatic carbocycles. The number of amides is 1. The minimum absolute atomic E-state index is 0.197. The van der Waals surface area contributed by atoms with E-state index in [1.807, 2.05) is 6.92 Å². The first-order valence-electron chi connectivity index (χ1n) is 2.67. The second-order valence-electron chi connectivity index (χ2n) is 2.40. The molecule has 1 fully saturated rings. The van der Waals surface area contributed by atoms with Gasteiger partial charge >= 0.3 is 6.09 Å². The number of cyclic esters (lactones) is 1. The average Bonchev–Trinajstić information content (AvgIpc) is 2.13. The largest absolute Gasteiger partial charge is 0.447 e. The predicted octanol–water partition coefficient (Wildman–Crippen LogP) is 0.880. The number of alkyl halides is 1. The fraction of sp³-hybridized carbons (Fsp3) is 0.800. The van der Waals surface area contributed by atoms with Crippen LogP contribution in [0.4, 0.5) is 4.79 Å². The molecule has 52 valence electrons. The lowest BCUT2D eigenvalue weighted by Gasteiger charge is -2.15. The summed E-state index contributed by atoms with van der Waals surface area (Å²) in [7, 11) is 0. The molecule has 9 heavy (non-hydrogen) atoms. The van der Waals surface area contributed by atoms with E-state index in [4.69, 9.17) is 0 Å².